The van der Waals surface area contributed by atoms with Crippen molar-refractivity contribution in [1.82, 2.24) is 0 Å². The van der Waals surface area contributed by atoms with Gasteiger partial charge in [0.1, 0.15) is 0 Å². The lowest BCUT2D eigenvalue weighted by Crippen LogP contribution is -2.08. The highest BCUT2D eigenvalue weighted by Crippen LogP contribution is 2.18. The van der Waals surface area contributed by atoms with Gasteiger partial charge < -0.3 is 4.74 Å². The maximum absolute atomic E-state index is 11.2. The summed E-state index contributed by atoms with van der Waals surface area (Å²) in [6.45, 7) is 3.47. The number of nitro groups is 1. The number of ether oxygens (including phenoxy) is 1. The molecular weight excluding hydrogens is 222 g/mol. The van der Waals surface area contributed by atoms with E-state index in [9.17, 15) is 14.9 Å². The highest BCUT2D eigenvalue weighted by atomic mass is 16.6. The first-order valence-corrected chi connectivity index (χ1v) is 5.13. The summed E-state index contributed by atoms with van der Waals surface area (Å²) in [4.78, 5) is 21.4. The molecule has 17 heavy (non-hydrogen) atoms. The third kappa shape index (κ3) is 4.06. The third-order valence-corrected chi connectivity index (χ3v) is 1.88. The maximum Gasteiger partial charge on any atom is 0.331 e. The second kappa shape index (κ2) is 5.79. The Labute approximate surface area is 98.9 Å². The van der Waals surface area contributed by atoms with E-state index >= 15 is 0 Å². The van der Waals surface area contributed by atoms with Crippen LogP contribution in [-0.2, 0) is 9.53 Å². The van der Waals surface area contributed by atoms with Crippen LogP contribution >= 0.6 is 0 Å². The van der Waals surface area contributed by atoms with Crippen molar-refractivity contribution in [2.24, 2.45) is 0 Å². The van der Waals surface area contributed by atoms with E-state index < -0.39 is 10.9 Å². The minimum atomic E-state index is -0.516. The Morgan fingerprint density at radius 2 is 2.06 bits per heavy atom. The number of carbonyl (C=O) groups is 1. The molecule has 0 spiro atoms. The van der Waals surface area contributed by atoms with Gasteiger partial charge in [0.2, 0.25) is 0 Å². The zero-order chi connectivity index (χ0) is 12.8. The normalized spacial score (nSPS) is 10.8. The van der Waals surface area contributed by atoms with Gasteiger partial charge in [-0.15, -0.1) is 0 Å². The van der Waals surface area contributed by atoms with E-state index in [-0.39, 0.29) is 11.8 Å². The number of benzene rings is 1. The van der Waals surface area contributed by atoms with Crippen LogP contribution in [0.3, 0.4) is 0 Å². The molecule has 0 saturated carbocycles. The van der Waals surface area contributed by atoms with Crippen LogP contribution in [0.5, 0.6) is 0 Å². The fourth-order valence-corrected chi connectivity index (χ4v) is 1.22. The van der Waals surface area contributed by atoms with E-state index in [1.165, 1.54) is 18.2 Å². The van der Waals surface area contributed by atoms with Gasteiger partial charge in [-0.1, -0.05) is 12.1 Å². The Bertz CT molecular complexity index is 452. The predicted molar refractivity (Wildman–Crippen MR) is 63.4 cm³/mol. The van der Waals surface area contributed by atoms with Gasteiger partial charge in [-0.05, 0) is 26.0 Å². The number of esters is 1. The summed E-state index contributed by atoms with van der Waals surface area (Å²) in [5.41, 5.74) is 0.333. The van der Waals surface area contributed by atoms with Crippen molar-refractivity contribution < 1.29 is 14.5 Å². The summed E-state index contributed by atoms with van der Waals surface area (Å²) in [5.74, 6) is -0.516. The van der Waals surface area contributed by atoms with Gasteiger partial charge in [-0.2, -0.15) is 0 Å². The Morgan fingerprint density at radius 3 is 2.65 bits per heavy atom. The first-order chi connectivity index (χ1) is 8.00. The first-order valence-electron chi connectivity index (χ1n) is 5.13. The average Bonchev–Trinajstić information content (AvgIpc) is 2.25. The topological polar surface area (TPSA) is 69.4 Å². The van der Waals surface area contributed by atoms with Crippen LogP contribution in [-0.4, -0.2) is 17.0 Å². The summed E-state index contributed by atoms with van der Waals surface area (Å²) in [6.07, 6.45) is 2.35. The molecule has 0 aliphatic carbocycles. The van der Waals surface area contributed by atoms with Crippen LogP contribution < -0.4 is 0 Å². The number of nitro benzene ring substituents is 1. The van der Waals surface area contributed by atoms with Crippen molar-refractivity contribution in [1.29, 1.82) is 0 Å². The Morgan fingerprint density at radius 1 is 1.41 bits per heavy atom. The summed E-state index contributed by atoms with van der Waals surface area (Å²) in [7, 11) is 0. The molecule has 0 N–H and O–H groups in total. The molecule has 0 aromatic heterocycles. The molecule has 5 nitrogen and oxygen atoms in total. The third-order valence-electron chi connectivity index (χ3n) is 1.88. The van der Waals surface area contributed by atoms with E-state index in [0.717, 1.165) is 0 Å². The van der Waals surface area contributed by atoms with Crippen LogP contribution in [0.1, 0.15) is 19.4 Å². The molecule has 0 aliphatic heterocycles. The van der Waals surface area contributed by atoms with E-state index in [4.69, 9.17) is 4.74 Å². The quantitative estimate of drug-likeness (QED) is 0.348. The maximum atomic E-state index is 11.2. The summed E-state index contributed by atoms with van der Waals surface area (Å²) in [6, 6.07) is 6.19. The van der Waals surface area contributed by atoms with Crippen molar-refractivity contribution in [3.05, 3.63) is 46.0 Å². The molecule has 0 saturated heterocycles. The molecule has 0 amide bonds. The molecule has 1 rings (SSSR count). The second-order valence-electron chi connectivity index (χ2n) is 3.63. The molecule has 0 atom stereocenters. The lowest BCUT2D eigenvalue weighted by atomic mass is 10.1. The van der Waals surface area contributed by atoms with Crippen molar-refractivity contribution in [3.63, 3.8) is 0 Å². The van der Waals surface area contributed by atoms with Crippen molar-refractivity contribution in [2.75, 3.05) is 0 Å². The highest BCUT2D eigenvalue weighted by molar-refractivity contribution is 5.88. The van der Waals surface area contributed by atoms with Gasteiger partial charge in [0.15, 0.2) is 0 Å². The number of para-hydroxylation sites is 1. The fourth-order valence-electron chi connectivity index (χ4n) is 1.22. The predicted octanol–water partition coefficient (Wildman–Crippen LogP) is 2.56. The Hall–Kier alpha value is -2.17. The van der Waals surface area contributed by atoms with E-state index in [2.05, 4.69) is 0 Å². The Kier molecular flexibility index (Phi) is 4.39. The van der Waals surface area contributed by atoms with Crippen molar-refractivity contribution >= 4 is 17.7 Å². The molecule has 0 unspecified atom stereocenters. The lowest BCUT2D eigenvalue weighted by Gasteiger charge is -2.03. The molecule has 0 fully saturated rings. The lowest BCUT2D eigenvalue weighted by molar-refractivity contribution is -0.385. The van der Waals surface area contributed by atoms with Gasteiger partial charge in [-0.3, -0.25) is 10.1 Å². The molecule has 0 radical (unpaired) electrons. The van der Waals surface area contributed by atoms with E-state index in [1.54, 1.807) is 32.0 Å². The molecular formula is C12H13NO4. The van der Waals surface area contributed by atoms with E-state index in [1.807, 2.05) is 0 Å². The smallest absolute Gasteiger partial charge is 0.331 e. The minimum Gasteiger partial charge on any atom is -0.460 e. The molecule has 5 heteroatoms. The molecule has 90 valence electrons. The van der Waals surface area contributed by atoms with Crippen LogP contribution in [0.2, 0.25) is 0 Å². The standard InChI is InChI=1S/C12H13NO4/c1-9(2)17-12(14)8-7-10-5-3-4-6-11(10)13(15)16/h3-9H,1-2H3. The average molecular weight is 235 g/mol. The first kappa shape index (κ1) is 12.9. The molecule has 0 bridgehead atoms. The van der Waals surface area contributed by atoms with Gasteiger partial charge in [0.05, 0.1) is 16.6 Å². The molecule has 0 aliphatic rings. The largest absolute Gasteiger partial charge is 0.460 e. The monoisotopic (exact) mass is 235 g/mol. The van der Waals surface area contributed by atoms with Crippen LogP contribution in [0.15, 0.2) is 30.3 Å². The van der Waals surface area contributed by atoms with Gasteiger partial charge in [0, 0.05) is 12.1 Å². The zero-order valence-corrected chi connectivity index (χ0v) is 9.62. The van der Waals surface area contributed by atoms with Gasteiger partial charge in [-0.25, -0.2) is 4.79 Å². The number of nitrogens with zero attached hydrogens (tertiary/aromatic N) is 1. The van der Waals surface area contributed by atoms with Crippen molar-refractivity contribution in [3.8, 4) is 0 Å². The summed E-state index contributed by atoms with van der Waals surface area (Å²) >= 11 is 0. The Balaban J connectivity index is 2.84. The minimum absolute atomic E-state index is 0.0407. The molecule has 1 aromatic rings. The summed E-state index contributed by atoms with van der Waals surface area (Å²) in [5, 5.41) is 10.7. The van der Waals surface area contributed by atoms with Gasteiger partial charge in [0.25, 0.3) is 5.69 Å². The number of rotatable bonds is 4. The zero-order valence-electron chi connectivity index (χ0n) is 9.62. The summed E-state index contributed by atoms with van der Waals surface area (Å²) < 4.78 is 4.88. The molecule has 1 aromatic carbocycles. The number of hydrogen-bond acceptors (Lipinski definition) is 4. The van der Waals surface area contributed by atoms with Crippen LogP contribution in [0, 0.1) is 10.1 Å². The van der Waals surface area contributed by atoms with Crippen LogP contribution in [0.25, 0.3) is 6.08 Å². The van der Waals surface area contributed by atoms with Gasteiger partial charge >= 0.3 is 5.97 Å². The fraction of sp³-hybridized carbons (Fsp3) is 0.250. The number of carbonyl (C=O) groups excluding carboxylic acids is 1. The van der Waals surface area contributed by atoms with E-state index in [0.29, 0.717) is 5.56 Å². The second-order valence-corrected chi connectivity index (χ2v) is 3.63. The SMILES string of the molecule is CC(C)OC(=O)C=Cc1ccccc1[N+](=O)[O-]. The molecule has 0 heterocycles. The number of hydrogen-bond donors (Lipinski definition) is 0. The van der Waals surface area contributed by atoms with Crippen molar-refractivity contribution in [2.45, 2.75) is 20.0 Å². The van der Waals surface area contributed by atoms with Crippen LogP contribution in [0.4, 0.5) is 5.69 Å². The highest BCUT2D eigenvalue weighted by Gasteiger charge is 2.10.